The number of fused-ring (bicyclic) bond motifs is 2. The molecule has 0 aliphatic carbocycles. The molecule has 0 spiro atoms. The minimum Gasteiger partial charge on any atom is -0.394 e. The number of halogens is 4. The second-order valence-electron chi connectivity index (χ2n) is 6.35. The van der Waals surface area contributed by atoms with E-state index in [1.807, 2.05) is 0 Å². The van der Waals surface area contributed by atoms with E-state index in [1.54, 1.807) is 30.3 Å². The molecule has 0 fully saturated rings. The first-order valence-electron chi connectivity index (χ1n) is 8.91. The van der Waals surface area contributed by atoms with Crippen molar-refractivity contribution in [2.45, 2.75) is 0 Å². The molecule has 0 saturated heterocycles. The van der Waals surface area contributed by atoms with Crippen molar-refractivity contribution in [3.63, 3.8) is 0 Å². The molecule has 5 rings (SSSR count). The smallest absolute Gasteiger partial charge is 0.255 e. The van der Waals surface area contributed by atoms with Crippen LogP contribution in [0.3, 0.4) is 0 Å². The lowest BCUT2D eigenvalue weighted by Crippen LogP contribution is -2.14. The van der Waals surface area contributed by atoms with Gasteiger partial charge < -0.3 is 11.1 Å². The van der Waals surface area contributed by atoms with Gasteiger partial charge in [-0.25, -0.2) is 27.5 Å². The molecule has 11 heteroatoms. The van der Waals surface area contributed by atoms with Gasteiger partial charge in [0.25, 0.3) is 5.91 Å². The summed E-state index contributed by atoms with van der Waals surface area (Å²) in [5, 5.41) is 2.25. The molecule has 32 heavy (non-hydrogen) atoms. The molecule has 0 unspecified atom stereocenters. The second kappa shape index (κ2) is 8.89. The predicted octanol–water partition coefficient (Wildman–Crippen LogP) is 5.98. The fourth-order valence-corrected chi connectivity index (χ4v) is 4.16. The van der Waals surface area contributed by atoms with Crippen molar-refractivity contribution >= 4 is 60.4 Å². The molecule has 1 amide bonds. The minimum absolute atomic E-state index is 0.0553. The van der Waals surface area contributed by atoms with Gasteiger partial charge in [-0.3, -0.25) is 4.79 Å². The molecule has 5 nitrogen and oxygen atoms in total. The first kappa shape index (κ1) is 21.7. The molecule has 0 aliphatic heterocycles. The maximum absolute atomic E-state index is 14.1. The number of hydrogen-bond donors (Lipinski definition) is 2. The molecule has 0 saturated carbocycles. The van der Waals surface area contributed by atoms with Crippen molar-refractivity contribution < 1.29 is 22.4 Å². The number of amides is 1. The molecule has 162 valence electrons. The highest BCUT2D eigenvalue weighted by molar-refractivity contribution is 7.17. The van der Waals surface area contributed by atoms with E-state index in [1.165, 1.54) is 28.4 Å². The summed E-state index contributed by atoms with van der Waals surface area (Å²) >= 11 is 2.31. The Bertz CT molecular complexity index is 1440. The summed E-state index contributed by atoms with van der Waals surface area (Å²) in [5.74, 6) is -3.75. The lowest BCUT2D eigenvalue weighted by molar-refractivity contribution is 0.102. The Hall–Kier alpha value is -3.57. The van der Waals surface area contributed by atoms with Gasteiger partial charge in [0.05, 0.1) is 20.4 Å². The number of nitrogens with two attached hydrogens (primary N) is 1. The van der Waals surface area contributed by atoms with Crippen LogP contribution in [0, 0.1) is 23.3 Å². The normalized spacial score (nSPS) is 10.8. The Labute approximate surface area is 186 Å². The molecule has 0 radical (unpaired) electrons. The highest BCUT2D eigenvalue weighted by Crippen LogP contribution is 2.30. The Morgan fingerprint density at radius 3 is 2.03 bits per heavy atom. The number of anilines is 2. The van der Waals surface area contributed by atoms with E-state index >= 15 is 0 Å². The molecule has 5 aromatic rings. The Morgan fingerprint density at radius 2 is 1.41 bits per heavy atom. The van der Waals surface area contributed by atoms with Gasteiger partial charge in [-0.15, -0.1) is 22.7 Å². The van der Waals surface area contributed by atoms with E-state index in [0.29, 0.717) is 15.0 Å². The van der Waals surface area contributed by atoms with Crippen LogP contribution in [0.4, 0.5) is 28.9 Å². The monoisotopic (exact) mass is 476 g/mol. The number of nitrogens with one attached hydrogen (secondary N) is 1. The summed E-state index contributed by atoms with van der Waals surface area (Å²) in [6.45, 7) is 0. The third-order valence-corrected chi connectivity index (χ3v) is 5.90. The van der Waals surface area contributed by atoms with Crippen molar-refractivity contribution in [3.8, 4) is 0 Å². The first-order chi connectivity index (χ1) is 15.4. The summed E-state index contributed by atoms with van der Waals surface area (Å²) in [5.41, 5.74) is 7.58. The maximum atomic E-state index is 14.1. The number of carbonyl (C=O) groups excluding carboxylic acids is 1. The molecule has 0 bridgehead atoms. The number of carbonyl (C=O) groups is 1. The largest absolute Gasteiger partial charge is 0.394 e. The number of nitrogens with zero attached hydrogens (tertiary/aromatic N) is 2. The third-order valence-electron chi connectivity index (χ3n) is 4.35. The molecule has 0 atom stereocenters. The van der Waals surface area contributed by atoms with Crippen LogP contribution in [0.15, 0.2) is 53.5 Å². The van der Waals surface area contributed by atoms with Crippen LogP contribution >= 0.6 is 22.7 Å². The fourth-order valence-electron chi connectivity index (χ4n) is 2.77. The van der Waals surface area contributed by atoms with Crippen LogP contribution < -0.4 is 11.1 Å². The van der Waals surface area contributed by atoms with Gasteiger partial charge in [0.2, 0.25) is 0 Å². The van der Waals surface area contributed by atoms with Gasteiger partial charge in [-0.2, -0.15) is 0 Å². The number of benzene rings is 3. The predicted molar refractivity (Wildman–Crippen MR) is 118 cm³/mol. The molecule has 0 aliphatic rings. The van der Waals surface area contributed by atoms with Gasteiger partial charge in [-0.05, 0) is 24.3 Å². The summed E-state index contributed by atoms with van der Waals surface area (Å²) in [7, 11) is 0. The van der Waals surface area contributed by atoms with Gasteiger partial charge >= 0.3 is 0 Å². The Kier molecular flexibility index (Phi) is 6.01. The quantitative estimate of drug-likeness (QED) is 0.243. The molecular formula is C21H12F4N4OS2. The first-order valence-corrected chi connectivity index (χ1v) is 10.7. The lowest BCUT2D eigenvalue weighted by atomic mass is 10.2. The van der Waals surface area contributed by atoms with Gasteiger partial charge in [0.1, 0.15) is 22.4 Å². The van der Waals surface area contributed by atoms with Crippen LogP contribution in [0.1, 0.15) is 10.4 Å². The summed E-state index contributed by atoms with van der Waals surface area (Å²) in [4.78, 5) is 19.5. The molecular weight excluding hydrogens is 464 g/mol. The number of nitrogen functional groups attached to an aromatic ring is 1. The lowest BCUT2D eigenvalue weighted by Gasteiger charge is -2.08. The number of thiazole rings is 2. The molecule has 3 N–H and O–H groups in total. The molecule has 2 aromatic heterocycles. The van der Waals surface area contributed by atoms with Crippen LogP contribution in [-0.2, 0) is 0 Å². The van der Waals surface area contributed by atoms with Crippen LogP contribution in [0.25, 0.3) is 20.4 Å². The topological polar surface area (TPSA) is 80.9 Å². The zero-order chi connectivity index (χ0) is 22.8. The van der Waals surface area contributed by atoms with E-state index in [0.717, 1.165) is 17.4 Å². The molecule has 3 aromatic carbocycles. The zero-order valence-corrected chi connectivity index (χ0v) is 17.5. The highest BCUT2D eigenvalue weighted by Gasteiger charge is 2.18. The Morgan fingerprint density at radius 1 is 0.844 bits per heavy atom. The summed E-state index contributed by atoms with van der Waals surface area (Å²) < 4.78 is 54.7. The summed E-state index contributed by atoms with van der Waals surface area (Å²) in [6.07, 6.45) is 0. The highest BCUT2D eigenvalue weighted by atomic mass is 32.1. The van der Waals surface area contributed by atoms with Crippen molar-refractivity contribution in [2.24, 2.45) is 0 Å². The van der Waals surface area contributed by atoms with Crippen molar-refractivity contribution in [3.05, 3.63) is 82.3 Å². The third kappa shape index (κ3) is 4.12. The van der Waals surface area contributed by atoms with Crippen LogP contribution in [0.2, 0.25) is 0 Å². The van der Waals surface area contributed by atoms with Gasteiger partial charge in [0.15, 0.2) is 23.3 Å². The second-order valence-corrected chi connectivity index (χ2v) is 8.12. The summed E-state index contributed by atoms with van der Waals surface area (Å²) in [6, 6.07) is 10.6. The van der Waals surface area contributed by atoms with Crippen LogP contribution in [-0.4, -0.2) is 15.9 Å². The minimum atomic E-state index is -0.856. The zero-order valence-electron chi connectivity index (χ0n) is 15.9. The average molecular weight is 476 g/mol. The maximum Gasteiger partial charge on any atom is 0.255 e. The fraction of sp³-hybridized carbons (Fsp3) is 0. The van der Waals surface area contributed by atoms with E-state index in [2.05, 4.69) is 15.3 Å². The van der Waals surface area contributed by atoms with E-state index in [9.17, 15) is 22.4 Å². The van der Waals surface area contributed by atoms with E-state index in [4.69, 9.17) is 5.73 Å². The standard InChI is InChI=1S/C14H8F2N2OS.C7H4F2N2S/c15-9-6-10-13(17-7-20-10)11(16)12(9)18-14(19)8-4-2-1-3-5-8;8-3-1-4-7(11-2-12-4)5(9)6(3)10/h1-7H,(H,18,19);1-2H,10H2. The molecule has 2 heterocycles. The van der Waals surface area contributed by atoms with Crippen LogP contribution in [0.5, 0.6) is 0 Å². The van der Waals surface area contributed by atoms with Crippen molar-refractivity contribution in [1.82, 2.24) is 9.97 Å². The average Bonchev–Trinajstić information content (AvgIpc) is 3.45. The van der Waals surface area contributed by atoms with Gasteiger partial charge in [-0.1, -0.05) is 18.2 Å². The van der Waals surface area contributed by atoms with Crippen molar-refractivity contribution in [2.75, 3.05) is 11.1 Å². The SMILES string of the molecule is Nc1c(F)cc2scnc2c1F.O=C(Nc1c(F)cc2scnc2c1F)c1ccccc1. The van der Waals surface area contributed by atoms with E-state index < -0.39 is 40.6 Å². The van der Waals surface area contributed by atoms with Crippen molar-refractivity contribution in [1.29, 1.82) is 0 Å². The number of aromatic nitrogens is 2. The Balaban J connectivity index is 0.000000174. The number of hydrogen-bond acceptors (Lipinski definition) is 6. The van der Waals surface area contributed by atoms with E-state index in [-0.39, 0.29) is 11.0 Å². The van der Waals surface area contributed by atoms with Gasteiger partial charge in [0, 0.05) is 5.56 Å². The number of rotatable bonds is 2.